The number of nitriles is 1. The van der Waals surface area contributed by atoms with E-state index in [0.29, 0.717) is 16.7 Å². The second-order valence-electron chi connectivity index (χ2n) is 6.20. The van der Waals surface area contributed by atoms with Gasteiger partial charge in [0.2, 0.25) is 5.91 Å². The average Bonchev–Trinajstić information content (AvgIpc) is 3.36. The van der Waals surface area contributed by atoms with Crippen LogP contribution >= 0.6 is 0 Å². The van der Waals surface area contributed by atoms with Crippen molar-refractivity contribution >= 4 is 16.8 Å². The van der Waals surface area contributed by atoms with Gasteiger partial charge in [0.05, 0.1) is 17.0 Å². The lowest BCUT2D eigenvalue weighted by atomic mass is 9.98. The van der Waals surface area contributed by atoms with Crippen molar-refractivity contribution in [3.8, 4) is 6.07 Å². The fraction of sp³-hybridized carbons (Fsp3) is 0.412. The first kappa shape index (κ1) is 15.2. The van der Waals surface area contributed by atoms with Gasteiger partial charge in [0.15, 0.2) is 0 Å². The minimum atomic E-state index is -0.862. The van der Waals surface area contributed by atoms with Gasteiger partial charge in [-0.15, -0.1) is 0 Å². The summed E-state index contributed by atoms with van der Waals surface area (Å²) in [4.78, 5) is 29.2. The SMILES string of the molecule is Cc1nc2ccccc2c(=O)n1CC(=O)N[C@@](C)(C#N)C1CC1. The van der Waals surface area contributed by atoms with Gasteiger partial charge in [0, 0.05) is 0 Å². The van der Waals surface area contributed by atoms with Gasteiger partial charge in [-0.1, -0.05) is 12.1 Å². The number of benzene rings is 1. The van der Waals surface area contributed by atoms with E-state index in [9.17, 15) is 14.9 Å². The largest absolute Gasteiger partial charge is 0.336 e. The molecule has 118 valence electrons. The summed E-state index contributed by atoms with van der Waals surface area (Å²) in [6.07, 6.45) is 1.89. The van der Waals surface area contributed by atoms with E-state index in [-0.39, 0.29) is 23.9 Å². The van der Waals surface area contributed by atoms with Crippen molar-refractivity contribution in [3.63, 3.8) is 0 Å². The summed E-state index contributed by atoms with van der Waals surface area (Å²) in [5.41, 5.74) is -0.487. The molecule has 1 N–H and O–H groups in total. The van der Waals surface area contributed by atoms with Crippen molar-refractivity contribution in [2.75, 3.05) is 0 Å². The topological polar surface area (TPSA) is 87.8 Å². The first-order valence-corrected chi connectivity index (χ1v) is 7.63. The van der Waals surface area contributed by atoms with Crippen LogP contribution in [0.5, 0.6) is 0 Å². The Morgan fingerprint density at radius 1 is 1.48 bits per heavy atom. The third-order valence-electron chi connectivity index (χ3n) is 4.38. The van der Waals surface area contributed by atoms with Gasteiger partial charge >= 0.3 is 0 Å². The van der Waals surface area contributed by atoms with E-state index < -0.39 is 5.54 Å². The van der Waals surface area contributed by atoms with Gasteiger partial charge in [-0.2, -0.15) is 5.26 Å². The third kappa shape index (κ3) is 2.82. The number of nitrogens with zero attached hydrogens (tertiary/aromatic N) is 3. The lowest BCUT2D eigenvalue weighted by Crippen LogP contribution is -2.48. The Morgan fingerprint density at radius 3 is 2.83 bits per heavy atom. The number of nitrogens with one attached hydrogen (secondary N) is 1. The van der Waals surface area contributed by atoms with Crippen molar-refractivity contribution in [1.82, 2.24) is 14.9 Å². The Labute approximate surface area is 133 Å². The molecule has 0 radical (unpaired) electrons. The van der Waals surface area contributed by atoms with Gasteiger partial charge in [0.1, 0.15) is 17.9 Å². The van der Waals surface area contributed by atoms with Gasteiger partial charge in [0.25, 0.3) is 5.56 Å². The van der Waals surface area contributed by atoms with E-state index in [0.717, 1.165) is 12.8 Å². The highest BCUT2D eigenvalue weighted by Gasteiger charge is 2.43. The molecular formula is C17H18N4O2. The smallest absolute Gasteiger partial charge is 0.261 e. The molecule has 6 nitrogen and oxygen atoms in total. The van der Waals surface area contributed by atoms with Crippen molar-refractivity contribution < 1.29 is 4.79 Å². The number of aryl methyl sites for hydroxylation is 1. The van der Waals surface area contributed by atoms with E-state index in [1.807, 2.05) is 6.07 Å². The van der Waals surface area contributed by atoms with Crippen LogP contribution in [0.3, 0.4) is 0 Å². The highest BCUT2D eigenvalue weighted by atomic mass is 16.2. The van der Waals surface area contributed by atoms with E-state index >= 15 is 0 Å². The number of carbonyl (C=O) groups is 1. The predicted molar refractivity (Wildman–Crippen MR) is 85.6 cm³/mol. The van der Waals surface area contributed by atoms with Crippen LogP contribution in [0.15, 0.2) is 29.1 Å². The zero-order valence-electron chi connectivity index (χ0n) is 13.2. The Bertz CT molecular complexity index is 876. The molecular weight excluding hydrogens is 292 g/mol. The van der Waals surface area contributed by atoms with Crippen LogP contribution in [0.2, 0.25) is 0 Å². The number of aromatic nitrogens is 2. The number of fused-ring (bicyclic) bond motifs is 1. The van der Waals surface area contributed by atoms with E-state index in [1.165, 1.54) is 4.57 Å². The molecule has 6 heteroatoms. The maximum atomic E-state index is 12.5. The van der Waals surface area contributed by atoms with E-state index in [1.54, 1.807) is 32.0 Å². The number of carbonyl (C=O) groups excluding carboxylic acids is 1. The first-order chi connectivity index (χ1) is 10.9. The molecule has 1 fully saturated rings. The second kappa shape index (κ2) is 5.51. The van der Waals surface area contributed by atoms with Crippen LogP contribution in [-0.2, 0) is 11.3 Å². The quantitative estimate of drug-likeness (QED) is 0.927. The van der Waals surface area contributed by atoms with Crippen LogP contribution in [0.4, 0.5) is 0 Å². The minimum Gasteiger partial charge on any atom is -0.336 e. The van der Waals surface area contributed by atoms with E-state index in [2.05, 4.69) is 16.4 Å². The number of amides is 1. The predicted octanol–water partition coefficient (Wildman–Crippen LogP) is 1.51. The number of para-hydroxylation sites is 1. The lowest BCUT2D eigenvalue weighted by Gasteiger charge is -2.23. The Hall–Kier alpha value is -2.68. The van der Waals surface area contributed by atoms with Crippen LogP contribution in [-0.4, -0.2) is 21.0 Å². The monoisotopic (exact) mass is 310 g/mol. The standard InChI is InChI=1S/C17H18N4O2/c1-11-19-14-6-4-3-5-13(14)16(23)21(11)9-15(22)20-17(2,10-18)12-7-8-12/h3-6,12H,7-9H2,1-2H3,(H,20,22)/t17-/m0/s1. The molecule has 1 aromatic heterocycles. The molecule has 1 aliphatic rings. The van der Waals surface area contributed by atoms with Gasteiger partial charge < -0.3 is 5.32 Å². The van der Waals surface area contributed by atoms with Gasteiger partial charge in [-0.25, -0.2) is 4.98 Å². The number of hydrogen-bond donors (Lipinski definition) is 1. The number of rotatable bonds is 4. The molecule has 0 unspecified atom stereocenters. The summed E-state index contributed by atoms with van der Waals surface area (Å²) in [6.45, 7) is 3.30. The molecule has 3 rings (SSSR count). The Morgan fingerprint density at radius 2 is 2.17 bits per heavy atom. The number of hydrogen-bond acceptors (Lipinski definition) is 4. The highest BCUT2D eigenvalue weighted by Crippen LogP contribution is 2.39. The van der Waals surface area contributed by atoms with Crippen LogP contribution in [0.25, 0.3) is 10.9 Å². The van der Waals surface area contributed by atoms with Gasteiger partial charge in [-0.3, -0.25) is 14.2 Å². The molecule has 1 aliphatic carbocycles. The van der Waals surface area contributed by atoms with Crippen LogP contribution in [0.1, 0.15) is 25.6 Å². The molecule has 1 saturated carbocycles. The summed E-state index contributed by atoms with van der Waals surface area (Å²) in [5, 5.41) is 12.6. The first-order valence-electron chi connectivity index (χ1n) is 7.63. The summed E-state index contributed by atoms with van der Waals surface area (Å²) in [5.74, 6) is 0.334. The molecule has 0 aliphatic heterocycles. The summed E-state index contributed by atoms with van der Waals surface area (Å²) in [7, 11) is 0. The minimum absolute atomic E-state index is 0.132. The van der Waals surface area contributed by atoms with Crippen molar-refractivity contribution in [1.29, 1.82) is 5.26 Å². The lowest BCUT2D eigenvalue weighted by molar-refractivity contribution is -0.123. The molecule has 2 aromatic rings. The Kier molecular flexibility index (Phi) is 3.64. The molecule has 0 saturated heterocycles. The zero-order valence-corrected chi connectivity index (χ0v) is 13.2. The molecule has 1 heterocycles. The molecule has 23 heavy (non-hydrogen) atoms. The summed E-state index contributed by atoms with van der Waals surface area (Å²) in [6, 6.07) is 9.24. The highest BCUT2D eigenvalue weighted by molar-refractivity contribution is 5.79. The third-order valence-corrected chi connectivity index (χ3v) is 4.38. The van der Waals surface area contributed by atoms with Crippen molar-refractivity contribution in [2.45, 2.75) is 38.8 Å². The molecule has 1 atom stereocenters. The van der Waals surface area contributed by atoms with Crippen molar-refractivity contribution in [3.05, 3.63) is 40.4 Å². The molecule has 0 spiro atoms. The molecule has 1 amide bonds. The zero-order chi connectivity index (χ0) is 16.6. The fourth-order valence-electron chi connectivity index (χ4n) is 2.82. The summed E-state index contributed by atoms with van der Waals surface area (Å²) >= 11 is 0. The second-order valence-corrected chi connectivity index (χ2v) is 6.20. The fourth-order valence-corrected chi connectivity index (χ4v) is 2.82. The van der Waals surface area contributed by atoms with Crippen molar-refractivity contribution in [2.24, 2.45) is 5.92 Å². The summed E-state index contributed by atoms with van der Waals surface area (Å²) < 4.78 is 1.35. The van der Waals surface area contributed by atoms with Crippen LogP contribution in [0, 0.1) is 24.2 Å². The van der Waals surface area contributed by atoms with E-state index in [4.69, 9.17) is 0 Å². The van der Waals surface area contributed by atoms with Crippen LogP contribution < -0.4 is 10.9 Å². The molecule has 0 bridgehead atoms. The molecule has 1 aromatic carbocycles. The maximum absolute atomic E-state index is 12.5. The Balaban J connectivity index is 1.88. The maximum Gasteiger partial charge on any atom is 0.261 e. The average molecular weight is 310 g/mol. The normalized spacial score (nSPS) is 16.6. The van der Waals surface area contributed by atoms with Gasteiger partial charge in [-0.05, 0) is 44.7 Å².